The summed E-state index contributed by atoms with van der Waals surface area (Å²) in [6, 6.07) is 33.8. The van der Waals surface area contributed by atoms with E-state index >= 15 is 0 Å². The molecule has 0 aliphatic heterocycles. The Balaban J connectivity index is 0.00000206. The maximum atomic E-state index is 6.27. The first-order valence-corrected chi connectivity index (χ1v) is 11.1. The molecule has 0 N–H and O–H groups in total. The van der Waals surface area contributed by atoms with Crippen LogP contribution < -0.4 is 0 Å². The van der Waals surface area contributed by atoms with Crippen molar-refractivity contribution in [1.82, 2.24) is 0 Å². The number of benzene rings is 4. The summed E-state index contributed by atoms with van der Waals surface area (Å²) in [6.45, 7) is 0. The van der Waals surface area contributed by atoms with E-state index in [0.717, 1.165) is 16.6 Å². The Hall–Kier alpha value is -2.87. The van der Waals surface area contributed by atoms with E-state index in [4.69, 9.17) is 4.42 Å². The topological polar surface area (TPSA) is 13.1 Å². The van der Waals surface area contributed by atoms with Crippen molar-refractivity contribution >= 4 is 21.9 Å². The Morgan fingerprint density at radius 2 is 1.61 bits per heavy atom. The number of hydrogen-bond acceptors (Lipinski definition) is 1. The fraction of sp³-hybridized carbons (Fsp3) is 0.0645. The zero-order chi connectivity index (χ0) is 21.1. The average molecular weight is 497 g/mol. The van der Waals surface area contributed by atoms with Crippen molar-refractivity contribution in [3.05, 3.63) is 138 Å². The molecule has 2 aliphatic rings. The maximum Gasteiger partial charge on any atom is 0.136 e. The number of furan rings is 1. The van der Waals surface area contributed by atoms with Gasteiger partial charge in [-0.05, 0) is 40.5 Å². The Bertz CT molecular complexity index is 1560. The van der Waals surface area contributed by atoms with Gasteiger partial charge in [-0.3, -0.25) is 0 Å². The number of rotatable bonds is 2. The van der Waals surface area contributed by atoms with E-state index in [2.05, 4.69) is 104 Å². The molecule has 2 unspecified atom stereocenters. The molecule has 0 saturated heterocycles. The zero-order valence-electron chi connectivity index (χ0n) is 18.0. The van der Waals surface area contributed by atoms with Crippen LogP contribution in [-0.2, 0) is 38.1 Å². The van der Waals surface area contributed by atoms with E-state index in [0.29, 0.717) is 0 Å². The summed E-state index contributed by atoms with van der Waals surface area (Å²) in [6.07, 6.45) is 11.1. The third-order valence-corrected chi connectivity index (χ3v) is 7.08. The number of fused-ring (bicyclic) bond motifs is 6. The van der Waals surface area contributed by atoms with Crippen LogP contribution in [0.4, 0.5) is 0 Å². The minimum Gasteiger partial charge on any atom is -0.456 e. The summed E-state index contributed by atoms with van der Waals surface area (Å²) in [4.78, 5) is 0. The zero-order valence-corrected chi connectivity index (χ0v) is 20.9. The van der Waals surface area contributed by atoms with Gasteiger partial charge in [0, 0.05) is 48.9 Å². The normalized spacial score (nSPS) is 20.3. The number of para-hydroxylation sites is 1. The van der Waals surface area contributed by atoms with Gasteiger partial charge >= 0.3 is 0 Å². The standard InChI is InChI=1S/C31H20O.Y/c1-3-11-21(12-4-1)31(22-13-5-2-6-14-22)27-17-9-7-15-23(27)25-20-30-26(19-28(25)31)24-16-8-10-18-29(24)32-30;/h1-13,15-21H;/q-2;. The fourth-order valence-electron chi connectivity index (χ4n) is 5.78. The van der Waals surface area contributed by atoms with E-state index in [-0.39, 0.29) is 44.0 Å². The second-order valence-corrected chi connectivity index (χ2v) is 8.61. The van der Waals surface area contributed by atoms with Gasteiger partial charge in [0.1, 0.15) is 11.2 Å². The van der Waals surface area contributed by atoms with Crippen LogP contribution >= 0.6 is 0 Å². The first-order chi connectivity index (χ1) is 15.9. The van der Waals surface area contributed by atoms with Crippen molar-refractivity contribution < 1.29 is 37.1 Å². The van der Waals surface area contributed by atoms with Crippen LogP contribution in [0.3, 0.4) is 0 Å². The fourth-order valence-corrected chi connectivity index (χ4v) is 5.78. The quantitative estimate of drug-likeness (QED) is 0.229. The first-order valence-electron chi connectivity index (χ1n) is 11.1. The first kappa shape index (κ1) is 20.7. The van der Waals surface area contributed by atoms with Crippen LogP contribution in [0, 0.1) is 18.4 Å². The van der Waals surface area contributed by atoms with Crippen LogP contribution in [-0.4, -0.2) is 0 Å². The van der Waals surface area contributed by atoms with Crippen LogP contribution in [0.5, 0.6) is 0 Å². The van der Waals surface area contributed by atoms with Gasteiger partial charge in [0.15, 0.2) is 0 Å². The van der Waals surface area contributed by atoms with Crippen LogP contribution in [0.15, 0.2) is 114 Å². The molecule has 2 aliphatic carbocycles. The Morgan fingerprint density at radius 1 is 0.758 bits per heavy atom. The minimum atomic E-state index is -0.346. The number of allylic oxidation sites excluding steroid dienone is 4. The molecule has 1 nitrogen and oxygen atoms in total. The summed E-state index contributed by atoms with van der Waals surface area (Å²) in [5, 5.41) is 2.33. The third kappa shape index (κ3) is 2.83. The van der Waals surface area contributed by atoms with E-state index in [1.807, 2.05) is 18.2 Å². The molecule has 2 atom stereocenters. The molecular formula is C31H20OY-2. The monoisotopic (exact) mass is 497 g/mol. The number of hydrogen-bond donors (Lipinski definition) is 0. The predicted octanol–water partition coefficient (Wildman–Crippen LogP) is 7.64. The van der Waals surface area contributed by atoms with Gasteiger partial charge in [0.2, 0.25) is 0 Å². The van der Waals surface area contributed by atoms with Crippen LogP contribution in [0.25, 0.3) is 33.1 Å². The van der Waals surface area contributed by atoms with E-state index < -0.39 is 0 Å². The van der Waals surface area contributed by atoms with Crippen LogP contribution in [0.2, 0.25) is 0 Å². The summed E-state index contributed by atoms with van der Waals surface area (Å²) in [5.74, 6) is 0.184. The van der Waals surface area contributed by atoms with Crippen molar-refractivity contribution in [2.45, 2.75) is 5.41 Å². The maximum absolute atomic E-state index is 6.27. The molecule has 4 aromatic carbocycles. The van der Waals surface area contributed by atoms with Crippen LogP contribution in [0.1, 0.15) is 16.7 Å². The predicted molar refractivity (Wildman–Crippen MR) is 130 cm³/mol. The van der Waals surface area contributed by atoms with Crippen molar-refractivity contribution in [3.8, 4) is 11.1 Å². The van der Waals surface area contributed by atoms with Gasteiger partial charge < -0.3 is 4.42 Å². The second kappa shape index (κ2) is 7.87. The van der Waals surface area contributed by atoms with Gasteiger partial charge in [0.25, 0.3) is 0 Å². The smallest absolute Gasteiger partial charge is 0.136 e. The molecule has 1 radical (unpaired) electrons. The molecule has 0 spiro atoms. The average Bonchev–Trinajstić information content (AvgIpc) is 3.37. The molecule has 7 rings (SSSR count). The van der Waals surface area contributed by atoms with Gasteiger partial charge in [-0.25, -0.2) is 18.6 Å². The van der Waals surface area contributed by atoms with Gasteiger partial charge in [-0.15, -0.1) is 17.7 Å². The molecule has 2 heteroatoms. The summed E-state index contributed by atoms with van der Waals surface area (Å²) < 4.78 is 6.27. The van der Waals surface area contributed by atoms with Gasteiger partial charge in [0.05, 0.1) is 0 Å². The molecule has 0 saturated carbocycles. The summed E-state index contributed by atoms with van der Waals surface area (Å²) in [7, 11) is 0. The van der Waals surface area contributed by atoms with E-state index in [1.54, 1.807) is 0 Å². The molecule has 155 valence electrons. The summed E-state index contributed by atoms with van der Waals surface area (Å²) in [5.41, 5.74) is 7.90. The molecular weight excluding hydrogens is 477 g/mol. The Morgan fingerprint density at radius 3 is 2.45 bits per heavy atom. The van der Waals surface area contributed by atoms with Gasteiger partial charge in [-0.1, -0.05) is 48.4 Å². The Kier molecular flexibility index (Phi) is 4.94. The van der Waals surface area contributed by atoms with Crippen molar-refractivity contribution in [2.24, 2.45) is 5.92 Å². The molecule has 1 aromatic heterocycles. The van der Waals surface area contributed by atoms with Gasteiger partial charge in [-0.2, -0.15) is 30.3 Å². The molecule has 0 fully saturated rings. The SMILES string of the molecule is [Y].[c-]1ccccc1C1(C2C=CC=C[CH-]2)c2ccccc2-c2cc3oc4ccccc4c3cc21. The largest absolute Gasteiger partial charge is 0.456 e. The molecule has 1 heterocycles. The molecule has 0 bridgehead atoms. The molecule has 33 heavy (non-hydrogen) atoms. The summed E-state index contributed by atoms with van der Waals surface area (Å²) >= 11 is 0. The Labute approximate surface area is 218 Å². The van der Waals surface area contributed by atoms with E-state index in [9.17, 15) is 0 Å². The molecule has 5 aromatic rings. The van der Waals surface area contributed by atoms with Crippen molar-refractivity contribution in [1.29, 1.82) is 0 Å². The molecule has 0 amide bonds. The minimum absolute atomic E-state index is 0. The van der Waals surface area contributed by atoms with Crippen molar-refractivity contribution in [2.75, 3.05) is 0 Å². The third-order valence-electron chi connectivity index (χ3n) is 7.08. The van der Waals surface area contributed by atoms with E-state index in [1.165, 1.54) is 33.2 Å². The second-order valence-electron chi connectivity index (χ2n) is 8.61. The van der Waals surface area contributed by atoms with Crippen molar-refractivity contribution in [3.63, 3.8) is 0 Å².